The van der Waals surface area contributed by atoms with Crippen molar-refractivity contribution in [2.75, 3.05) is 18.2 Å². The first-order valence-corrected chi connectivity index (χ1v) is 8.11. The molecule has 0 aliphatic heterocycles. The Labute approximate surface area is 119 Å². The zero-order valence-electron chi connectivity index (χ0n) is 11.8. The molecule has 1 aromatic rings. The average Bonchev–Trinajstić information content (AvgIpc) is 2.37. The molecule has 1 aromatic carbocycles. The van der Waals surface area contributed by atoms with Gasteiger partial charge in [0.2, 0.25) is 0 Å². The summed E-state index contributed by atoms with van der Waals surface area (Å²) >= 11 is 0. The third-order valence-electron chi connectivity index (χ3n) is 3.04. The molecule has 0 aromatic heterocycles. The zero-order valence-corrected chi connectivity index (χ0v) is 12.6. The second-order valence-electron chi connectivity index (χ2n) is 4.84. The fraction of sp³-hybridized carbons (Fsp3) is 0.462. The standard InChI is InChI=1S/C13H20N2O4S/c1-9(8-16)10(2)14-13(17)15-11-4-6-12(7-5-11)20(3,18)19/h4-7,9-10,16H,8H2,1-3H3,(H2,14,15,17). The minimum atomic E-state index is -3.24. The Balaban J connectivity index is 2.63. The Kier molecular flexibility index (Phi) is 5.52. The smallest absolute Gasteiger partial charge is 0.319 e. The van der Waals surface area contributed by atoms with E-state index in [0.717, 1.165) is 6.26 Å². The Morgan fingerprint density at radius 1 is 1.25 bits per heavy atom. The van der Waals surface area contributed by atoms with Gasteiger partial charge in [-0.05, 0) is 37.1 Å². The summed E-state index contributed by atoms with van der Waals surface area (Å²) in [6.45, 7) is 3.61. The number of benzene rings is 1. The molecule has 7 heteroatoms. The van der Waals surface area contributed by atoms with Gasteiger partial charge in [0.15, 0.2) is 9.84 Å². The number of nitrogens with one attached hydrogen (secondary N) is 2. The van der Waals surface area contributed by atoms with Crippen LogP contribution >= 0.6 is 0 Å². The first-order valence-electron chi connectivity index (χ1n) is 6.22. The average molecular weight is 300 g/mol. The third-order valence-corrected chi connectivity index (χ3v) is 4.17. The van der Waals surface area contributed by atoms with E-state index in [2.05, 4.69) is 10.6 Å². The van der Waals surface area contributed by atoms with Gasteiger partial charge in [-0.1, -0.05) is 6.92 Å². The summed E-state index contributed by atoms with van der Waals surface area (Å²) in [7, 11) is -3.24. The van der Waals surface area contributed by atoms with Crippen LogP contribution in [0.25, 0.3) is 0 Å². The highest BCUT2D eigenvalue weighted by Gasteiger charge is 2.14. The maximum absolute atomic E-state index is 11.7. The molecule has 112 valence electrons. The number of rotatable bonds is 5. The van der Waals surface area contributed by atoms with E-state index in [0.29, 0.717) is 5.69 Å². The van der Waals surface area contributed by atoms with Crippen molar-refractivity contribution < 1.29 is 18.3 Å². The van der Waals surface area contributed by atoms with Crippen molar-refractivity contribution in [3.63, 3.8) is 0 Å². The zero-order chi connectivity index (χ0) is 15.3. The highest BCUT2D eigenvalue weighted by atomic mass is 32.2. The molecule has 0 aliphatic carbocycles. The lowest BCUT2D eigenvalue weighted by molar-refractivity contribution is 0.204. The van der Waals surface area contributed by atoms with E-state index in [1.165, 1.54) is 24.3 Å². The molecule has 0 aliphatic rings. The molecule has 0 radical (unpaired) electrons. The lowest BCUT2D eigenvalue weighted by atomic mass is 10.1. The maximum atomic E-state index is 11.7. The fourth-order valence-corrected chi connectivity index (χ4v) is 2.09. The van der Waals surface area contributed by atoms with E-state index in [-0.39, 0.29) is 23.5 Å². The number of hydrogen-bond donors (Lipinski definition) is 3. The number of anilines is 1. The molecule has 0 saturated carbocycles. The predicted molar refractivity (Wildman–Crippen MR) is 77.4 cm³/mol. The van der Waals surface area contributed by atoms with Gasteiger partial charge in [0.1, 0.15) is 0 Å². The number of urea groups is 1. The van der Waals surface area contributed by atoms with Crippen molar-refractivity contribution in [1.82, 2.24) is 5.32 Å². The van der Waals surface area contributed by atoms with Gasteiger partial charge in [0.05, 0.1) is 4.90 Å². The van der Waals surface area contributed by atoms with E-state index in [1.54, 1.807) is 6.92 Å². The number of aliphatic hydroxyl groups is 1. The number of carbonyl (C=O) groups is 1. The van der Waals surface area contributed by atoms with Gasteiger partial charge in [-0.25, -0.2) is 13.2 Å². The quantitative estimate of drug-likeness (QED) is 0.762. The number of hydrogen-bond acceptors (Lipinski definition) is 4. The number of amides is 2. The Morgan fingerprint density at radius 3 is 2.25 bits per heavy atom. The van der Waals surface area contributed by atoms with Gasteiger partial charge in [-0.2, -0.15) is 0 Å². The van der Waals surface area contributed by atoms with Crippen molar-refractivity contribution in [2.45, 2.75) is 24.8 Å². The number of sulfone groups is 1. The van der Waals surface area contributed by atoms with E-state index in [9.17, 15) is 13.2 Å². The molecule has 20 heavy (non-hydrogen) atoms. The highest BCUT2D eigenvalue weighted by molar-refractivity contribution is 7.90. The molecule has 0 spiro atoms. The summed E-state index contributed by atoms with van der Waals surface area (Å²) < 4.78 is 22.6. The summed E-state index contributed by atoms with van der Waals surface area (Å²) in [5, 5.41) is 14.3. The molecule has 2 unspecified atom stereocenters. The van der Waals surface area contributed by atoms with Crippen molar-refractivity contribution >= 4 is 21.6 Å². The molecule has 2 amide bonds. The summed E-state index contributed by atoms with van der Waals surface area (Å²) in [6.07, 6.45) is 1.13. The summed E-state index contributed by atoms with van der Waals surface area (Å²) in [4.78, 5) is 11.9. The normalized spacial score (nSPS) is 14.4. The summed E-state index contributed by atoms with van der Waals surface area (Å²) in [5.41, 5.74) is 0.499. The molecule has 1 rings (SSSR count). The molecule has 2 atom stereocenters. The van der Waals surface area contributed by atoms with Gasteiger partial charge in [-0.3, -0.25) is 0 Å². The molecule has 0 saturated heterocycles. The minimum Gasteiger partial charge on any atom is -0.396 e. The van der Waals surface area contributed by atoms with Gasteiger partial charge >= 0.3 is 6.03 Å². The van der Waals surface area contributed by atoms with Crippen LogP contribution in [-0.2, 0) is 9.84 Å². The van der Waals surface area contributed by atoms with Crippen LogP contribution in [0.2, 0.25) is 0 Å². The van der Waals surface area contributed by atoms with E-state index in [4.69, 9.17) is 5.11 Å². The van der Waals surface area contributed by atoms with Crippen LogP contribution in [0.15, 0.2) is 29.2 Å². The molecule has 3 N–H and O–H groups in total. The first-order chi connectivity index (χ1) is 9.24. The van der Waals surface area contributed by atoms with E-state index >= 15 is 0 Å². The van der Waals surface area contributed by atoms with Crippen LogP contribution in [0.5, 0.6) is 0 Å². The second-order valence-corrected chi connectivity index (χ2v) is 6.86. The highest BCUT2D eigenvalue weighted by Crippen LogP contribution is 2.13. The van der Waals surface area contributed by atoms with Crippen LogP contribution in [0, 0.1) is 5.92 Å². The van der Waals surface area contributed by atoms with Crippen molar-refractivity contribution in [2.24, 2.45) is 5.92 Å². The summed E-state index contributed by atoms with van der Waals surface area (Å²) in [6, 6.07) is 5.35. The minimum absolute atomic E-state index is 0.00942. The number of carbonyl (C=O) groups excluding carboxylic acids is 1. The van der Waals surface area contributed by atoms with Crippen molar-refractivity contribution in [3.8, 4) is 0 Å². The Hall–Kier alpha value is -1.60. The van der Waals surface area contributed by atoms with Crippen LogP contribution in [0.1, 0.15) is 13.8 Å². The molecular formula is C13H20N2O4S. The molecular weight excluding hydrogens is 280 g/mol. The lowest BCUT2D eigenvalue weighted by Gasteiger charge is -2.19. The van der Waals surface area contributed by atoms with Crippen LogP contribution in [0.3, 0.4) is 0 Å². The SMILES string of the molecule is CC(CO)C(C)NC(=O)Nc1ccc(S(C)(=O)=O)cc1. The Bertz CT molecular complexity index is 554. The first kappa shape index (κ1) is 16.5. The number of aliphatic hydroxyl groups excluding tert-OH is 1. The largest absolute Gasteiger partial charge is 0.396 e. The van der Waals surface area contributed by atoms with Crippen LogP contribution in [0.4, 0.5) is 10.5 Å². The topological polar surface area (TPSA) is 95.5 Å². The summed E-state index contributed by atoms with van der Waals surface area (Å²) in [5.74, 6) is -0.0478. The van der Waals surface area contributed by atoms with Gasteiger partial charge in [0, 0.05) is 24.6 Å². The predicted octanol–water partition coefficient (Wildman–Crippen LogP) is 1.23. The van der Waals surface area contributed by atoms with Crippen LogP contribution in [-0.4, -0.2) is 38.5 Å². The fourth-order valence-electron chi connectivity index (χ4n) is 1.46. The lowest BCUT2D eigenvalue weighted by Crippen LogP contribution is -2.40. The van der Waals surface area contributed by atoms with Crippen molar-refractivity contribution in [3.05, 3.63) is 24.3 Å². The Morgan fingerprint density at radius 2 is 1.80 bits per heavy atom. The molecule has 6 nitrogen and oxygen atoms in total. The molecule has 0 bridgehead atoms. The molecule has 0 fully saturated rings. The van der Waals surface area contributed by atoms with Crippen molar-refractivity contribution in [1.29, 1.82) is 0 Å². The molecule has 0 heterocycles. The van der Waals surface area contributed by atoms with Gasteiger partial charge < -0.3 is 15.7 Å². The van der Waals surface area contributed by atoms with Gasteiger partial charge in [0.25, 0.3) is 0 Å². The monoisotopic (exact) mass is 300 g/mol. The maximum Gasteiger partial charge on any atom is 0.319 e. The van der Waals surface area contributed by atoms with Gasteiger partial charge in [-0.15, -0.1) is 0 Å². The van der Waals surface area contributed by atoms with E-state index < -0.39 is 15.9 Å². The van der Waals surface area contributed by atoms with E-state index in [1.807, 2.05) is 6.92 Å². The third kappa shape index (κ3) is 4.82. The van der Waals surface area contributed by atoms with Crippen LogP contribution < -0.4 is 10.6 Å². The second kappa shape index (κ2) is 6.71.